The summed E-state index contributed by atoms with van der Waals surface area (Å²) < 4.78 is 5.51. The Kier molecular flexibility index (Phi) is 4.79. The van der Waals surface area contributed by atoms with E-state index in [1.807, 2.05) is 0 Å². The average Bonchev–Trinajstić information content (AvgIpc) is 3.23. The lowest BCUT2D eigenvalue weighted by molar-refractivity contribution is -0.384. The van der Waals surface area contributed by atoms with Crippen molar-refractivity contribution in [3.05, 3.63) is 52.1 Å². The van der Waals surface area contributed by atoms with Gasteiger partial charge in [-0.25, -0.2) is 0 Å². The SMILES string of the molecule is C[C@@H]1Oc2ccc(NC(=O)c3cc([N+](=O)[O-])ccc3N3CCCC3)cc2NC1=O. The molecule has 150 valence electrons. The molecule has 0 saturated carbocycles. The lowest BCUT2D eigenvalue weighted by Crippen LogP contribution is -2.34. The van der Waals surface area contributed by atoms with Crippen LogP contribution in [0.4, 0.5) is 22.7 Å². The third-order valence-corrected chi connectivity index (χ3v) is 5.05. The second-order valence-electron chi connectivity index (χ2n) is 7.07. The molecule has 0 bridgehead atoms. The van der Waals surface area contributed by atoms with Crippen molar-refractivity contribution in [1.82, 2.24) is 0 Å². The molecule has 0 unspecified atom stereocenters. The molecule has 1 atom stereocenters. The van der Waals surface area contributed by atoms with Crippen molar-refractivity contribution >= 4 is 34.6 Å². The fraction of sp³-hybridized carbons (Fsp3) is 0.300. The maximum atomic E-state index is 13.0. The highest BCUT2D eigenvalue weighted by atomic mass is 16.6. The van der Waals surface area contributed by atoms with E-state index in [1.165, 1.54) is 12.1 Å². The van der Waals surface area contributed by atoms with Gasteiger partial charge in [0, 0.05) is 30.9 Å². The number of non-ortho nitro benzene ring substituents is 1. The van der Waals surface area contributed by atoms with E-state index in [9.17, 15) is 19.7 Å². The van der Waals surface area contributed by atoms with Gasteiger partial charge in [0.15, 0.2) is 6.10 Å². The first-order chi connectivity index (χ1) is 13.9. The molecule has 2 amide bonds. The first kappa shape index (κ1) is 18.7. The minimum Gasteiger partial charge on any atom is -0.479 e. The fourth-order valence-corrected chi connectivity index (χ4v) is 3.54. The van der Waals surface area contributed by atoms with Crippen molar-refractivity contribution in [2.45, 2.75) is 25.9 Å². The molecule has 2 aliphatic heterocycles. The molecule has 2 aliphatic rings. The van der Waals surface area contributed by atoms with E-state index < -0.39 is 16.9 Å². The molecular weight excluding hydrogens is 376 g/mol. The summed E-state index contributed by atoms with van der Waals surface area (Å²) in [5, 5.41) is 16.7. The number of nitro groups is 1. The van der Waals surface area contributed by atoms with Gasteiger partial charge < -0.3 is 20.3 Å². The number of carbonyl (C=O) groups excluding carboxylic acids is 2. The molecule has 29 heavy (non-hydrogen) atoms. The number of nitro benzene ring substituents is 1. The lowest BCUT2D eigenvalue weighted by atomic mass is 10.1. The number of fused-ring (bicyclic) bond motifs is 1. The van der Waals surface area contributed by atoms with E-state index in [-0.39, 0.29) is 17.2 Å². The summed E-state index contributed by atoms with van der Waals surface area (Å²) in [7, 11) is 0. The summed E-state index contributed by atoms with van der Waals surface area (Å²) in [5.74, 6) is -0.203. The van der Waals surface area contributed by atoms with Crippen LogP contribution < -0.4 is 20.3 Å². The number of nitrogens with zero attached hydrogens (tertiary/aromatic N) is 2. The van der Waals surface area contributed by atoms with Gasteiger partial charge in [0.2, 0.25) is 0 Å². The lowest BCUT2D eigenvalue weighted by Gasteiger charge is -2.24. The van der Waals surface area contributed by atoms with Crippen LogP contribution in [0.5, 0.6) is 5.75 Å². The number of nitrogens with one attached hydrogen (secondary N) is 2. The fourth-order valence-electron chi connectivity index (χ4n) is 3.54. The van der Waals surface area contributed by atoms with Crippen LogP contribution in [0.3, 0.4) is 0 Å². The number of rotatable bonds is 4. The van der Waals surface area contributed by atoms with E-state index in [0.29, 0.717) is 22.8 Å². The molecule has 0 aromatic heterocycles. The average molecular weight is 396 g/mol. The second kappa shape index (κ2) is 7.42. The van der Waals surface area contributed by atoms with Crippen LogP contribution in [0.2, 0.25) is 0 Å². The van der Waals surface area contributed by atoms with Crippen LogP contribution in [-0.4, -0.2) is 35.9 Å². The molecule has 1 saturated heterocycles. The van der Waals surface area contributed by atoms with Gasteiger partial charge >= 0.3 is 0 Å². The molecule has 0 spiro atoms. The van der Waals surface area contributed by atoms with E-state index in [4.69, 9.17) is 4.74 Å². The Bertz CT molecular complexity index is 1000. The van der Waals surface area contributed by atoms with E-state index in [1.54, 1.807) is 31.2 Å². The predicted molar refractivity (Wildman–Crippen MR) is 108 cm³/mol. The Balaban J connectivity index is 1.63. The summed E-state index contributed by atoms with van der Waals surface area (Å²) in [6.07, 6.45) is 1.44. The van der Waals surface area contributed by atoms with Crippen molar-refractivity contribution in [3.63, 3.8) is 0 Å². The molecule has 9 heteroatoms. The normalized spacial score (nSPS) is 17.9. The molecular formula is C20H20N4O5. The highest BCUT2D eigenvalue weighted by Gasteiger charge is 2.25. The number of amides is 2. The van der Waals surface area contributed by atoms with Crippen molar-refractivity contribution in [1.29, 1.82) is 0 Å². The van der Waals surface area contributed by atoms with E-state index >= 15 is 0 Å². The van der Waals surface area contributed by atoms with Gasteiger partial charge in [-0.05, 0) is 44.0 Å². The van der Waals surface area contributed by atoms with Crippen LogP contribution in [0.1, 0.15) is 30.1 Å². The number of hydrogen-bond donors (Lipinski definition) is 2. The van der Waals surface area contributed by atoms with Crippen LogP contribution in [0.25, 0.3) is 0 Å². The molecule has 2 aromatic rings. The molecule has 9 nitrogen and oxygen atoms in total. The van der Waals surface area contributed by atoms with E-state index in [2.05, 4.69) is 15.5 Å². The topological polar surface area (TPSA) is 114 Å². The maximum absolute atomic E-state index is 13.0. The predicted octanol–water partition coefficient (Wildman–Crippen LogP) is 3.17. The monoisotopic (exact) mass is 396 g/mol. The van der Waals surface area contributed by atoms with Gasteiger partial charge in [0.05, 0.1) is 21.9 Å². The zero-order valence-electron chi connectivity index (χ0n) is 15.8. The van der Waals surface area contributed by atoms with Gasteiger partial charge in [-0.3, -0.25) is 19.7 Å². The minimum absolute atomic E-state index is 0.141. The highest BCUT2D eigenvalue weighted by Crippen LogP contribution is 2.33. The Morgan fingerprint density at radius 1 is 1.24 bits per heavy atom. The summed E-state index contributed by atoms with van der Waals surface area (Å²) >= 11 is 0. The largest absolute Gasteiger partial charge is 0.479 e. The van der Waals surface area contributed by atoms with Crippen molar-refractivity contribution in [2.24, 2.45) is 0 Å². The zero-order valence-corrected chi connectivity index (χ0v) is 15.8. The molecule has 4 rings (SSSR count). The molecule has 0 aliphatic carbocycles. The van der Waals surface area contributed by atoms with E-state index in [0.717, 1.165) is 25.9 Å². The summed E-state index contributed by atoms with van der Waals surface area (Å²) in [5.41, 5.74) is 1.69. The molecule has 2 aromatic carbocycles. The Labute approximate surface area is 166 Å². The standard InChI is InChI=1S/C20H20N4O5/c1-12-19(25)22-16-10-13(4-7-18(16)29-12)21-20(26)15-11-14(24(27)28)5-6-17(15)23-8-2-3-9-23/h4-7,10-12H,2-3,8-9H2,1H3,(H,21,26)(H,22,25)/t12-/m0/s1. The van der Waals surface area contributed by atoms with Crippen LogP contribution >= 0.6 is 0 Å². The molecule has 0 radical (unpaired) electrons. The van der Waals surface area contributed by atoms with Crippen LogP contribution in [0.15, 0.2) is 36.4 Å². The van der Waals surface area contributed by atoms with Crippen molar-refractivity contribution in [2.75, 3.05) is 28.6 Å². The zero-order chi connectivity index (χ0) is 20.5. The number of carbonyl (C=O) groups is 2. The summed E-state index contributed by atoms with van der Waals surface area (Å²) in [6.45, 7) is 3.26. The number of benzene rings is 2. The number of ether oxygens (including phenoxy) is 1. The van der Waals surface area contributed by atoms with Gasteiger partial charge in [-0.15, -0.1) is 0 Å². The van der Waals surface area contributed by atoms with Gasteiger partial charge in [-0.1, -0.05) is 0 Å². The molecule has 2 N–H and O–H groups in total. The maximum Gasteiger partial charge on any atom is 0.270 e. The second-order valence-corrected chi connectivity index (χ2v) is 7.07. The Morgan fingerprint density at radius 2 is 2.00 bits per heavy atom. The van der Waals surface area contributed by atoms with Gasteiger partial charge in [0.1, 0.15) is 5.75 Å². The number of anilines is 3. The number of hydrogen-bond acceptors (Lipinski definition) is 6. The first-order valence-electron chi connectivity index (χ1n) is 9.38. The van der Waals surface area contributed by atoms with Crippen molar-refractivity contribution in [3.8, 4) is 5.75 Å². The van der Waals surface area contributed by atoms with Crippen LogP contribution in [-0.2, 0) is 4.79 Å². The smallest absolute Gasteiger partial charge is 0.270 e. The highest BCUT2D eigenvalue weighted by molar-refractivity contribution is 6.09. The van der Waals surface area contributed by atoms with Gasteiger partial charge in [0.25, 0.3) is 17.5 Å². The van der Waals surface area contributed by atoms with Crippen molar-refractivity contribution < 1.29 is 19.2 Å². The molecule has 1 fully saturated rings. The third kappa shape index (κ3) is 3.71. The molecule has 2 heterocycles. The van der Waals surface area contributed by atoms with Crippen LogP contribution in [0, 0.1) is 10.1 Å². The Morgan fingerprint density at radius 3 is 2.72 bits per heavy atom. The Hall–Kier alpha value is -3.62. The quantitative estimate of drug-likeness (QED) is 0.606. The van der Waals surface area contributed by atoms with Gasteiger partial charge in [-0.2, -0.15) is 0 Å². The minimum atomic E-state index is -0.587. The third-order valence-electron chi connectivity index (χ3n) is 5.05. The summed E-state index contributed by atoms with van der Waals surface area (Å²) in [6, 6.07) is 9.26. The first-order valence-corrected chi connectivity index (χ1v) is 9.38. The summed E-state index contributed by atoms with van der Waals surface area (Å²) in [4.78, 5) is 37.5.